The van der Waals surface area contributed by atoms with Crippen LogP contribution in [0.5, 0.6) is 5.75 Å². The second-order valence-electron chi connectivity index (χ2n) is 4.08. The number of thiophene rings is 1. The Morgan fingerprint density at radius 3 is 2.68 bits per heavy atom. The van der Waals surface area contributed by atoms with Gasteiger partial charge in [0.25, 0.3) is 0 Å². The van der Waals surface area contributed by atoms with E-state index in [1.165, 1.54) is 23.5 Å². The number of carbonyl (C=O) groups is 1. The highest BCUT2D eigenvalue weighted by Crippen LogP contribution is 2.26. The van der Waals surface area contributed by atoms with Gasteiger partial charge in [-0.15, -0.1) is 11.3 Å². The van der Waals surface area contributed by atoms with Crippen molar-refractivity contribution >= 4 is 17.3 Å². The molecule has 100 valence electrons. The van der Waals surface area contributed by atoms with Crippen LogP contribution in [-0.2, 0) is 4.79 Å². The van der Waals surface area contributed by atoms with Gasteiger partial charge < -0.3 is 9.84 Å². The fourth-order valence-electron chi connectivity index (χ4n) is 1.65. The summed E-state index contributed by atoms with van der Waals surface area (Å²) in [6.45, 7) is 1.82. The minimum Gasteiger partial charge on any atom is -0.489 e. The van der Waals surface area contributed by atoms with E-state index in [-0.39, 0.29) is 12.4 Å². The molecule has 1 N–H and O–H groups in total. The van der Waals surface area contributed by atoms with E-state index < -0.39 is 17.7 Å². The van der Waals surface area contributed by atoms with Crippen LogP contribution in [0, 0.1) is 12.7 Å². The largest absolute Gasteiger partial charge is 0.489 e. The van der Waals surface area contributed by atoms with E-state index in [0.29, 0.717) is 4.88 Å². The standard InChI is InChI=1S/C14H13FO3S/c1-9-6-7-13(19-9)10(14(16)17)8-18-12-5-3-2-4-11(12)15/h2-7,10H,8H2,1H3,(H,16,17). The Kier molecular flexibility index (Phi) is 4.16. The minimum absolute atomic E-state index is 0.0713. The fourth-order valence-corrected chi connectivity index (χ4v) is 2.61. The molecule has 2 rings (SSSR count). The van der Waals surface area contributed by atoms with E-state index >= 15 is 0 Å². The molecule has 0 aliphatic carbocycles. The third kappa shape index (κ3) is 3.32. The van der Waals surface area contributed by atoms with Crippen molar-refractivity contribution in [3.8, 4) is 5.75 Å². The smallest absolute Gasteiger partial charge is 0.315 e. The van der Waals surface area contributed by atoms with Crippen molar-refractivity contribution in [3.05, 3.63) is 52.0 Å². The second-order valence-corrected chi connectivity index (χ2v) is 5.40. The lowest BCUT2D eigenvalue weighted by Gasteiger charge is -2.12. The Bertz CT molecular complexity index is 580. The first-order chi connectivity index (χ1) is 9.08. The fraction of sp³-hybridized carbons (Fsp3) is 0.214. The summed E-state index contributed by atoms with van der Waals surface area (Å²) in [4.78, 5) is 13.0. The number of halogens is 1. The first kappa shape index (κ1) is 13.5. The topological polar surface area (TPSA) is 46.5 Å². The molecule has 0 radical (unpaired) electrons. The highest BCUT2D eigenvalue weighted by atomic mass is 32.1. The molecule has 0 saturated heterocycles. The predicted molar refractivity (Wildman–Crippen MR) is 71.3 cm³/mol. The van der Waals surface area contributed by atoms with Crippen molar-refractivity contribution in [1.29, 1.82) is 0 Å². The van der Waals surface area contributed by atoms with Crippen LogP contribution in [0.2, 0.25) is 0 Å². The maximum absolute atomic E-state index is 13.4. The van der Waals surface area contributed by atoms with Gasteiger partial charge in [0.15, 0.2) is 11.6 Å². The van der Waals surface area contributed by atoms with Crippen molar-refractivity contribution in [2.24, 2.45) is 0 Å². The molecule has 0 bridgehead atoms. The zero-order valence-corrected chi connectivity index (χ0v) is 11.1. The number of para-hydroxylation sites is 1. The Hall–Kier alpha value is -1.88. The van der Waals surface area contributed by atoms with Gasteiger partial charge in [-0.25, -0.2) is 4.39 Å². The normalized spacial score (nSPS) is 12.1. The lowest BCUT2D eigenvalue weighted by molar-refractivity contribution is -0.139. The van der Waals surface area contributed by atoms with E-state index in [9.17, 15) is 14.3 Å². The van der Waals surface area contributed by atoms with E-state index in [4.69, 9.17) is 4.74 Å². The molecule has 1 aromatic carbocycles. The summed E-state index contributed by atoms with van der Waals surface area (Å²) in [7, 11) is 0. The van der Waals surface area contributed by atoms with Gasteiger partial charge in [-0.1, -0.05) is 12.1 Å². The lowest BCUT2D eigenvalue weighted by Crippen LogP contribution is -2.18. The van der Waals surface area contributed by atoms with Crippen molar-refractivity contribution < 1.29 is 19.0 Å². The summed E-state index contributed by atoms with van der Waals surface area (Å²) in [5, 5.41) is 9.22. The molecule has 3 nitrogen and oxygen atoms in total. The first-order valence-corrected chi connectivity index (χ1v) is 6.56. The molecular formula is C14H13FO3S. The maximum atomic E-state index is 13.4. The minimum atomic E-state index is -0.974. The number of carboxylic acids is 1. The summed E-state index contributed by atoms with van der Waals surface area (Å²) in [5.74, 6) is -2.17. The molecule has 0 amide bonds. The Morgan fingerprint density at radius 1 is 1.37 bits per heavy atom. The van der Waals surface area contributed by atoms with E-state index in [1.807, 2.05) is 13.0 Å². The van der Waals surface area contributed by atoms with Gasteiger partial charge in [0.1, 0.15) is 12.5 Å². The van der Waals surface area contributed by atoms with Gasteiger partial charge in [-0.3, -0.25) is 4.79 Å². The number of rotatable bonds is 5. The Labute approximate surface area is 114 Å². The molecule has 0 aliphatic rings. The molecule has 0 saturated carbocycles. The Balaban J connectivity index is 2.10. The van der Waals surface area contributed by atoms with Gasteiger partial charge in [-0.2, -0.15) is 0 Å². The molecule has 2 aromatic rings. The molecule has 0 aliphatic heterocycles. The van der Waals surface area contributed by atoms with Crippen LogP contribution in [0.4, 0.5) is 4.39 Å². The van der Waals surface area contributed by atoms with Crippen LogP contribution in [-0.4, -0.2) is 17.7 Å². The number of aryl methyl sites for hydroxylation is 1. The molecule has 19 heavy (non-hydrogen) atoms. The molecule has 1 heterocycles. The van der Waals surface area contributed by atoms with E-state index in [2.05, 4.69) is 0 Å². The average Bonchev–Trinajstić information content (AvgIpc) is 2.78. The molecule has 0 fully saturated rings. The van der Waals surface area contributed by atoms with E-state index in [0.717, 1.165) is 4.88 Å². The third-order valence-corrected chi connectivity index (χ3v) is 3.76. The average molecular weight is 280 g/mol. The first-order valence-electron chi connectivity index (χ1n) is 5.74. The van der Waals surface area contributed by atoms with Crippen molar-refractivity contribution in [1.82, 2.24) is 0 Å². The van der Waals surface area contributed by atoms with Gasteiger partial charge in [0.2, 0.25) is 0 Å². The summed E-state index contributed by atoms with van der Waals surface area (Å²) in [5.41, 5.74) is 0. The quantitative estimate of drug-likeness (QED) is 0.912. The molecule has 5 heteroatoms. The van der Waals surface area contributed by atoms with Crippen LogP contribution >= 0.6 is 11.3 Å². The van der Waals surface area contributed by atoms with Gasteiger partial charge in [0.05, 0.1) is 0 Å². The molecular weight excluding hydrogens is 267 g/mol. The summed E-state index contributed by atoms with van der Waals surface area (Å²) in [6, 6.07) is 9.58. The predicted octanol–water partition coefficient (Wildman–Crippen LogP) is 3.44. The molecule has 1 atom stereocenters. The second kappa shape index (κ2) is 5.84. The van der Waals surface area contributed by atoms with Crippen molar-refractivity contribution in [2.75, 3.05) is 6.61 Å². The zero-order valence-electron chi connectivity index (χ0n) is 10.3. The van der Waals surface area contributed by atoms with Crippen LogP contribution in [0.1, 0.15) is 15.7 Å². The van der Waals surface area contributed by atoms with Crippen LogP contribution in [0.3, 0.4) is 0 Å². The van der Waals surface area contributed by atoms with Gasteiger partial charge in [0, 0.05) is 9.75 Å². The SMILES string of the molecule is Cc1ccc(C(COc2ccccc2F)C(=O)O)s1. The number of hydrogen-bond donors (Lipinski definition) is 1. The van der Waals surface area contributed by atoms with Gasteiger partial charge in [-0.05, 0) is 31.2 Å². The highest BCUT2D eigenvalue weighted by molar-refractivity contribution is 7.12. The van der Waals surface area contributed by atoms with Gasteiger partial charge >= 0.3 is 5.97 Å². The molecule has 1 aromatic heterocycles. The summed E-state index contributed by atoms with van der Waals surface area (Å²) < 4.78 is 18.7. The van der Waals surface area contributed by atoms with Crippen LogP contribution in [0.25, 0.3) is 0 Å². The molecule has 0 spiro atoms. The molecule has 1 unspecified atom stereocenters. The number of hydrogen-bond acceptors (Lipinski definition) is 3. The monoisotopic (exact) mass is 280 g/mol. The van der Waals surface area contributed by atoms with Crippen molar-refractivity contribution in [3.63, 3.8) is 0 Å². The van der Waals surface area contributed by atoms with Crippen molar-refractivity contribution in [2.45, 2.75) is 12.8 Å². The van der Waals surface area contributed by atoms with E-state index in [1.54, 1.807) is 18.2 Å². The number of aliphatic carboxylic acids is 1. The van der Waals surface area contributed by atoms with Crippen LogP contribution in [0.15, 0.2) is 36.4 Å². The maximum Gasteiger partial charge on any atom is 0.315 e. The summed E-state index contributed by atoms with van der Waals surface area (Å²) in [6.07, 6.45) is 0. The number of benzene rings is 1. The summed E-state index contributed by atoms with van der Waals surface area (Å²) >= 11 is 1.41. The zero-order chi connectivity index (χ0) is 13.8. The highest BCUT2D eigenvalue weighted by Gasteiger charge is 2.22. The Morgan fingerprint density at radius 2 is 2.11 bits per heavy atom. The van der Waals surface area contributed by atoms with Crippen LogP contribution < -0.4 is 4.74 Å². The number of ether oxygens (including phenoxy) is 1. The third-order valence-electron chi connectivity index (χ3n) is 2.64. The lowest BCUT2D eigenvalue weighted by atomic mass is 10.1. The number of carboxylic acid groups (broad SMARTS) is 1.